The molecule has 9 aromatic rings. The summed E-state index contributed by atoms with van der Waals surface area (Å²) in [6.07, 6.45) is 0. The summed E-state index contributed by atoms with van der Waals surface area (Å²) in [5, 5.41) is 3.68. The first-order chi connectivity index (χ1) is 26.8. The number of nitrogens with zero attached hydrogens (tertiary/aromatic N) is 3. The molecule has 0 aliphatic carbocycles. The summed E-state index contributed by atoms with van der Waals surface area (Å²) < 4.78 is 0. The molecular formula is C50H35N3S. The van der Waals surface area contributed by atoms with Crippen molar-refractivity contribution in [2.75, 3.05) is 14.7 Å². The predicted molar refractivity (Wildman–Crippen MR) is 230 cm³/mol. The number of thiophene rings is 1. The van der Waals surface area contributed by atoms with Gasteiger partial charge in [-0.1, -0.05) is 121 Å². The van der Waals surface area contributed by atoms with E-state index in [0.717, 1.165) is 39.8 Å². The number of para-hydroxylation sites is 5. The molecule has 0 fully saturated rings. The summed E-state index contributed by atoms with van der Waals surface area (Å²) in [7, 11) is 0. The maximum atomic E-state index is 2.44. The Morgan fingerprint density at radius 3 is 1.46 bits per heavy atom. The van der Waals surface area contributed by atoms with Crippen molar-refractivity contribution in [2.45, 2.75) is 0 Å². The molecule has 2 heterocycles. The van der Waals surface area contributed by atoms with Gasteiger partial charge in [0.15, 0.2) is 0 Å². The fraction of sp³-hybridized carbons (Fsp3) is 0. The average molecular weight is 710 g/mol. The van der Waals surface area contributed by atoms with Crippen molar-refractivity contribution in [1.82, 2.24) is 0 Å². The van der Waals surface area contributed by atoms with Crippen molar-refractivity contribution < 1.29 is 0 Å². The zero-order valence-corrected chi connectivity index (χ0v) is 30.3. The van der Waals surface area contributed by atoms with Crippen molar-refractivity contribution in [1.29, 1.82) is 0 Å². The molecule has 3 nitrogen and oxygen atoms in total. The van der Waals surface area contributed by atoms with Gasteiger partial charge in [0.25, 0.3) is 0 Å². The number of benzene rings is 8. The van der Waals surface area contributed by atoms with Gasteiger partial charge >= 0.3 is 0 Å². The fourth-order valence-corrected chi connectivity index (χ4v) is 8.91. The Kier molecular flexibility index (Phi) is 8.01. The first kappa shape index (κ1) is 31.8. The Labute approximate surface area is 319 Å². The van der Waals surface area contributed by atoms with Crippen LogP contribution in [-0.4, -0.2) is 0 Å². The van der Waals surface area contributed by atoms with Crippen LogP contribution in [0.5, 0.6) is 0 Å². The van der Waals surface area contributed by atoms with E-state index >= 15 is 0 Å². The molecule has 0 atom stereocenters. The van der Waals surface area contributed by atoms with E-state index in [0.29, 0.717) is 0 Å². The second-order valence-corrected chi connectivity index (χ2v) is 14.4. The van der Waals surface area contributed by atoms with E-state index in [1.165, 1.54) is 43.0 Å². The summed E-state index contributed by atoms with van der Waals surface area (Å²) in [5.41, 5.74) is 12.8. The SMILES string of the molecule is c1ccc(N(c2ccccc2)c2ccc3c(c2)N(c2ccccc2)c2cccc4c(-c5ccc(N(c6ccccc6)c6ccccc6)s5)ccc-3c24)cc1. The summed E-state index contributed by atoms with van der Waals surface area (Å²) in [6, 6.07) is 76.2. The summed E-state index contributed by atoms with van der Waals surface area (Å²) in [5.74, 6) is 0. The average Bonchev–Trinajstić information content (AvgIpc) is 3.72. The van der Waals surface area contributed by atoms with Crippen LogP contribution in [0.3, 0.4) is 0 Å². The predicted octanol–water partition coefficient (Wildman–Crippen LogP) is 15.0. The van der Waals surface area contributed by atoms with Crippen molar-refractivity contribution in [3.05, 3.63) is 212 Å². The normalized spacial score (nSPS) is 11.7. The third-order valence-corrected chi connectivity index (χ3v) is 11.3. The van der Waals surface area contributed by atoms with Crippen LogP contribution >= 0.6 is 11.3 Å². The second-order valence-electron chi connectivity index (χ2n) is 13.4. The smallest absolute Gasteiger partial charge is 0.101 e. The van der Waals surface area contributed by atoms with E-state index in [-0.39, 0.29) is 0 Å². The quantitative estimate of drug-likeness (QED) is 0.156. The Balaban J connectivity index is 1.14. The minimum absolute atomic E-state index is 1.10. The number of hydrogen-bond acceptors (Lipinski definition) is 4. The molecule has 1 aromatic heterocycles. The molecule has 0 radical (unpaired) electrons. The zero-order valence-electron chi connectivity index (χ0n) is 29.5. The second kappa shape index (κ2) is 13.6. The Hall–Kier alpha value is -6.88. The third kappa shape index (κ3) is 5.52. The number of hydrogen-bond donors (Lipinski definition) is 0. The summed E-state index contributed by atoms with van der Waals surface area (Å²) in [6.45, 7) is 0. The minimum atomic E-state index is 1.10. The van der Waals surface area contributed by atoms with Gasteiger partial charge in [0, 0.05) is 50.0 Å². The molecule has 4 heteroatoms. The number of anilines is 9. The van der Waals surface area contributed by atoms with E-state index in [9.17, 15) is 0 Å². The molecule has 1 aliphatic rings. The summed E-state index contributed by atoms with van der Waals surface area (Å²) in [4.78, 5) is 8.36. The highest BCUT2D eigenvalue weighted by molar-refractivity contribution is 7.19. The van der Waals surface area contributed by atoms with Gasteiger partial charge in [-0.25, -0.2) is 0 Å². The Bertz CT molecular complexity index is 2630. The zero-order chi connectivity index (χ0) is 35.8. The maximum Gasteiger partial charge on any atom is 0.101 e. The standard InChI is InChI=1S/C50H35N3S/c1-6-17-36(18-7-1)51(37-19-8-2-9-20-37)41-29-30-42-45-32-31-43(44-27-16-28-46(50(44)45)53(47(42)35-41)40-25-14-5-15-26-40)48-33-34-49(54-48)52(38-21-10-3-11-22-38)39-23-12-4-13-24-39/h1-35H. The molecule has 1 aliphatic heterocycles. The summed E-state index contributed by atoms with van der Waals surface area (Å²) >= 11 is 1.83. The van der Waals surface area contributed by atoms with Crippen LogP contribution in [0.4, 0.5) is 50.5 Å². The number of fused-ring (bicyclic) bond motifs is 2. The van der Waals surface area contributed by atoms with Gasteiger partial charge < -0.3 is 14.7 Å². The van der Waals surface area contributed by atoms with Gasteiger partial charge in [-0.3, -0.25) is 0 Å². The van der Waals surface area contributed by atoms with Crippen LogP contribution in [0, 0.1) is 0 Å². The van der Waals surface area contributed by atoms with Crippen LogP contribution < -0.4 is 14.7 Å². The lowest BCUT2D eigenvalue weighted by molar-refractivity contribution is 1.25. The molecule has 0 amide bonds. The molecule has 10 rings (SSSR count). The molecule has 0 spiro atoms. The van der Waals surface area contributed by atoms with E-state index < -0.39 is 0 Å². The van der Waals surface area contributed by atoms with E-state index in [2.05, 4.69) is 227 Å². The van der Waals surface area contributed by atoms with Crippen molar-refractivity contribution in [3.63, 3.8) is 0 Å². The van der Waals surface area contributed by atoms with Crippen LogP contribution in [0.1, 0.15) is 0 Å². The van der Waals surface area contributed by atoms with Crippen LogP contribution in [-0.2, 0) is 0 Å². The van der Waals surface area contributed by atoms with Crippen molar-refractivity contribution in [2.24, 2.45) is 0 Å². The molecular weight excluding hydrogens is 675 g/mol. The molecule has 0 unspecified atom stereocenters. The van der Waals surface area contributed by atoms with Gasteiger partial charge in [0.05, 0.1) is 11.4 Å². The highest BCUT2D eigenvalue weighted by Gasteiger charge is 2.28. The highest BCUT2D eigenvalue weighted by atomic mass is 32.1. The lowest BCUT2D eigenvalue weighted by atomic mass is 9.88. The van der Waals surface area contributed by atoms with Crippen LogP contribution in [0.25, 0.3) is 32.3 Å². The van der Waals surface area contributed by atoms with Crippen molar-refractivity contribution >= 4 is 72.6 Å². The Morgan fingerprint density at radius 2 is 0.870 bits per heavy atom. The third-order valence-electron chi connectivity index (χ3n) is 10.2. The maximum absolute atomic E-state index is 2.44. The van der Waals surface area contributed by atoms with Gasteiger partial charge in [-0.05, 0) is 108 Å². The number of rotatable bonds is 8. The molecule has 0 saturated carbocycles. The van der Waals surface area contributed by atoms with E-state index in [1.807, 2.05) is 11.3 Å². The lowest BCUT2D eigenvalue weighted by Gasteiger charge is -2.35. The first-order valence-electron chi connectivity index (χ1n) is 18.3. The fourth-order valence-electron chi connectivity index (χ4n) is 7.82. The monoisotopic (exact) mass is 709 g/mol. The minimum Gasteiger partial charge on any atom is -0.310 e. The van der Waals surface area contributed by atoms with Crippen LogP contribution in [0.2, 0.25) is 0 Å². The Morgan fingerprint density at radius 1 is 0.352 bits per heavy atom. The molecule has 8 aromatic carbocycles. The first-order valence-corrected chi connectivity index (χ1v) is 19.1. The molecule has 0 saturated heterocycles. The van der Waals surface area contributed by atoms with Gasteiger partial charge in [-0.15, -0.1) is 11.3 Å². The van der Waals surface area contributed by atoms with Gasteiger partial charge in [0.1, 0.15) is 5.00 Å². The topological polar surface area (TPSA) is 9.72 Å². The molecule has 0 N–H and O–H groups in total. The molecule has 54 heavy (non-hydrogen) atoms. The van der Waals surface area contributed by atoms with Gasteiger partial charge in [-0.2, -0.15) is 0 Å². The largest absolute Gasteiger partial charge is 0.310 e. The van der Waals surface area contributed by atoms with Gasteiger partial charge in [0.2, 0.25) is 0 Å². The molecule has 0 bridgehead atoms. The highest BCUT2D eigenvalue weighted by Crippen LogP contribution is 2.54. The van der Waals surface area contributed by atoms with E-state index in [4.69, 9.17) is 0 Å². The van der Waals surface area contributed by atoms with Crippen LogP contribution in [0.15, 0.2) is 212 Å². The molecule has 256 valence electrons. The van der Waals surface area contributed by atoms with E-state index in [1.54, 1.807) is 0 Å². The lowest BCUT2D eigenvalue weighted by Crippen LogP contribution is -2.16. The van der Waals surface area contributed by atoms with Crippen molar-refractivity contribution in [3.8, 4) is 21.6 Å².